The van der Waals surface area contributed by atoms with Gasteiger partial charge in [0.25, 0.3) is 0 Å². The summed E-state index contributed by atoms with van der Waals surface area (Å²) in [6, 6.07) is 4.92. The third-order valence-electron chi connectivity index (χ3n) is 4.71. The van der Waals surface area contributed by atoms with Crippen LogP contribution in [0.5, 0.6) is 0 Å². The van der Waals surface area contributed by atoms with Crippen LogP contribution < -0.4 is 0 Å². The van der Waals surface area contributed by atoms with Gasteiger partial charge in [-0.15, -0.1) is 0 Å². The van der Waals surface area contributed by atoms with E-state index in [1.54, 1.807) is 6.07 Å². The SMILES string of the molecule is C=CC(=O)N(CC)CC(=O)N1CCC(c2ccc(F)cc2C)CC1. The number of piperidine rings is 1. The minimum absolute atomic E-state index is 0.0265. The van der Waals surface area contributed by atoms with Gasteiger partial charge in [-0.2, -0.15) is 0 Å². The Bertz CT molecular complexity index is 622. The van der Waals surface area contributed by atoms with Crippen molar-refractivity contribution in [2.75, 3.05) is 26.2 Å². The molecule has 0 aromatic heterocycles. The van der Waals surface area contributed by atoms with Gasteiger partial charge in [0.1, 0.15) is 5.82 Å². The van der Waals surface area contributed by atoms with Crippen molar-refractivity contribution in [1.82, 2.24) is 9.80 Å². The zero-order valence-electron chi connectivity index (χ0n) is 14.4. The van der Waals surface area contributed by atoms with Gasteiger partial charge >= 0.3 is 0 Å². The summed E-state index contributed by atoms with van der Waals surface area (Å²) in [4.78, 5) is 27.4. The predicted octanol–water partition coefficient (Wildman–Crippen LogP) is 2.87. The average Bonchev–Trinajstić information content (AvgIpc) is 2.59. The van der Waals surface area contributed by atoms with Gasteiger partial charge in [-0.1, -0.05) is 12.6 Å². The number of aryl methyl sites for hydroxylation is 1. The maximum absolute atomic E-state index is 13.2. The quantitative estimate of drug-likeness (QED) is 0.778. The Hall–Kier alpha value is -2.17. The van der Waals surface area contributed by atoms with E-state index < -0.39 is 0 Å². The molecule has 24 heavy (non-hydrogen) atoms. The van der Waals surface area contributed by atoms with Crippen LogP contribution in [0.3, 0.4) is 0 Å². The molecule has 1 aliphatic rings. The van der Waals surface area contributed by atoms with E-state index in [1.165, 1.54) is 22.6 Å². The average molecular weight is 332 g/mol. The van der Waals surface area contributed by atoms with E-state index in [4.69, 9.17) is 0 Å². The molecule has 2 rings (SSSR count). The Morgan fingerprint density at radius 2 is 2.04 bits per heavy atom. The third kappa shape index (κ3) is 4.22. The molecule has 1 saturated heterocycles. The summed E-state index contributed by atoms with van der Waals surface area (Å²) in [5.74, 6) is -0.105. The summed E-state index contributed by atoms with van der Waals surface area (Å²) >= 11 is 0. The lowest BCUT2D eigenvalue weighted by Gasteiger charge is -2.34. The normalized spacial score (nSPS) is 15.2. The summed E-state index contributed by atoms with van der Waals surface area (Å²) in [5.41, 5.74) is 2.13. The molecule has 0 spiro atoms. The number of benzene rings is 1. The maximum Gasteiger partial charge on any atom is 0.246 e. The number of hydrogen-bond donors (Lipinski definition) is 0. The number of likely N-dealkylation sites (tertiary alicyclic amines) is 1. The molecule has 1 heterocycles. The molecule has 1 fully saturated rings. The van der Waals surface area contributed by atoms with Crippen LogP contribution in [0.15, 0.2) is 30.9 Å². The number of amides is 2. The predicted molar refractivity (Wildman–Crippen MR) is 92.1 cm³/mol. The van der Waals surface area contributed by atoms with Crippen LogP contribution in [-0.2, 0) is 9.59 Å². The fourth-order valence-corrected chi connectivity index (χ4v) is 3.27. The Kier molecular flexibility index (Phi) is 6.12. The van der Waals surface area contributed by atoms with Gasteiger partial charge < -0.3 is 9.80 Å². The zero-order chi connectivity index (χ0) is 17.7. The van der Waals surface area contributed by atoms with Crippen molar-refractivity contribution < 1.29 is 14.0 Å². The van der Waals surface area contributed by atoms with Gasteiger partial charge in [0, 0.05) is 19.6 Å². The molecule has 0 radical (unpaired) electrons. The van der Waals surface area contributed by atoms with Gasteiger partial charge in [-0.05, 0) is 61.9 Å². The summed E-state index contributed by atoms with van der Waals surface area (Å²) in [5, 5.41) is 0. The highest BCUT2D eigenvalue weighted by Gasteiger charge is 2.26. The summed E-state index contributed by atoms with van der Waals surface area (Å²) in [6.07, 6.45) is 2.96. The number of nitrogens with zero attached hydrogens (tertiary/aromatic N) is 2. The van der Waals surface area contributed by atoms with Gasteiger partial charge in [0.2, 0.25) is 11.8 Å². The van der Waals surface area contributed by atoms with Crippen molar-refractivity contribution in [3.8, 4) is 0 Å². The van der Waals surface area contributed by atoms with E-state index in [0.717, 1.165) is 18.4 Å². The highest BCUT2D eigenvalue weighted by Crippen LogP contribution is 2.30. The molecule has 0 aliphatic carbocycles. The van der Waals surface area contributed by atoms with Crippen LogP contribution in [0, 0.1) is 12.7 Å². The Labute approximate surface area is 142 Å². The highest BCUT2D eigenvalue weighted by atomic mass is 19.1. The van der Waals surface area contributed by atoms with Crippen molar-refractivity contribution in [3.63, 3.8) is 0 Å². The minimum Gasteiger partial charge on any atom is -0.341 e. The zero-order valence-corrected chi connectivity index (χ0v) is 14.4. The molecular weight excluding hydrogens is 307 g/mol. The number of carbonyl (C=O) groups excluding carboxylic acids is 2. The smallest absolute Gasteiger partial charge is 0.246 e. The first-order valence-corrected chi connectivity index (χ1v) is 8.41. The lowest BCUT2D eigenvalue weighted by atomic mass is 9.87. The molecule has 0 N–H and O–H groups in total. The first kappa shape index (κ1) is 18.2. The van der Waals surface area contributed by atoms with Gasteiger partial charge in [-0.25, -0.2) is 4.39 Å². The Morgan fingerprint density at radius 3 is 2.58 bits per heavy atom. The third-order valence-corrected chi connectivity index (χ3v) is 4.71. The molecule has 2 amide bonds. The van der Waals surface area contributed by atoms with Gasteiger partial charge in [0.05, 0.1) is 6.54 Å². The lowest BCUT2D eigenvalue weighted by Crippen LogP contribution is -2.45. The fraction of sp³-hybridized carbons (Fsp3) is 0.474. The molecule has 0 atom stereocenters. The maximum atomic E-state index is 13.2. The molecule has 0 bridgehead atoms. The minimum atomic E-state index is -0.220. The van der Waals surface area contributed by atoms with E-state index in [0.29, 0.717) is 25.6 Å². The lowest BCUT2D eigenvalue weighted by molar-refractivity contribution is -0.138. The number of carbonyl (C=O) groups is 2. The Morgan fingerprint density at radius 1 is 1.38 bits per heavy atom. The molecule has 1 aliphatic heterocycles. The van der Waals surface area contributed by atoms with E-state index >= 15 is 0 Å². The number of likely N-dealkylation sites (N-methyl/N-ethyl adjacent to an activating group) is 1. The summed E-state index contributed by atoms with van der Waals surface area (Å²) in [7, 11) is 0. The number of halogens is 1. The van der Waals surface area contributed by atoms with Gasteiger partial charge in [-0.3, -0.25) is 9.59 Å². The van der Waals surface area contributed by atoms with Crippen LogP contribution >= 0.6 is 0 Å². The largest absolute Gasteiger partial charge is 0.341 e. The monoisotopic (exact) mass is 332 g/mol. The summed E-state index contributed by atoms with van der Waals surface area (Å²) < 4.78 is 13.2. The van der Waals surface area contributed by atoms with Crippen molar-refractivity contribution >= 4 is 11.8 Å². The number of rotatable bonds is 5. The fourth-order valence-electron chi connectivity index (χ4n) is 3.27. The molecular formula is C19H25FN2O2. The molecule has 0 unspecified atom stereocenters. The Balaban J connectivity index is 1.93. The second-order valence-corrected chi connectivity index (χ2v) is 6.21. The van der Waals surface area contributed by atoms with Crippen molar-refractivity contribution in [2.24, 2.45) is 0 Å². The van der Waals surface area contributed by atoms with Gasteiger partial charge in [0.15, 0.2) is 0 Å². The van der Waals surface area contributed by atoms with E-state index in [2.05, 4.69) is 6.58 Å². The highest BCUT2D eigenvalue weighted by molar-refractivity contribution is 5.90. The molecule has 0 saturated carbocycles. The molecule has 4 nitrogen and oxygen atoms in total. The van der Waals surface area contributed by atoms with Crippen LogP contribution in [0.1, 0.15) is 36.8 Å². The van der Waals surface area contributed by atoms with Crippen LogP contribution in [0.2, 0.25) is 0 Å². The first-order chi connectivity index (χ1) is 11.5. The van der Waals surface area contributed by atoms with Crippen molar-refractivity contribution in [3.05, 3.63) is 47.8 Å². The molecule has 1 aromatic carbocycles. The molecule has 130 valence electrons. The second kappa shape index (κ2) is 8.08. The van der Waals surface area contributed by atoms with Crippen LogP contribution in [-0.4, -0.2) is 47.8 Å². The topological polar surface area (TPSA) is 40.6 Å². The van der Waals surface area contributed by atoms with Crippen LogP contribution in [0.4, 0.5) is 4.39 Å². The summed E-state index contributed by atoms with van der Waals surface area (Å²) in [6.45, 7) is 9.16. The van der Waals surface area contributed by atoms with Crippen molar-refractivity contribution in [1.29, 1.82) is 0 Å². The van der Waals surface area contributed by atoms with Crippen LogP contribution in [0.25, 0.3) is 0 Å². The van der Waals surface area contributed by atoms with E-state index in [1.807, 2.05) is 24.8 Å². The van der Waals surface area contributed by atoms with Crippen molar-refractivity contribution in [2.45, 2.75) is 32.6 Å². The molecule has 5 heteroatoms. The van der Waals surface area contributed by atoms with E-state index in [-0.39, 0.29) is 24.2 Å². The first-order valence-electron chi connectivity index (χ1n) is 8.41. The second-order valence-electron chi connectivity index (χ2n) is 6.21. The standard InChI is InChI=1S/C19H25FN2O2/c1-4-18(23)21(5-2)13-19(24)22-10-8-15(9-11-22)17-7-6-16(20)12-14(17)3/h4,6-7,12,15H,1,5,8-11,13H2,2-3H3. The molecule has 1 aromatic rings. The number of hydrogen-bond acceptors (Lipinski definition) is 2. The van der Waals surface area contributed by atoms with E-state index in [9.17, 15) is 14.0 Å².